The molecule has 0 spiro atoms. The highest BCUT2D eigenvalue weighted by Crippen LogP contribution is 2.35. The van der Waals surface area contributed by atoms with Gasteiger partial charge < -0.3 is 9.73 Å². The van der Waals surface area contributed by atoms with Crippen molar-refractivity contribution >= 4 is 23.7 Å². The number of benzene rings is 2. The molecule has 0 aliphatic carbocycles. The van der Waals surface area contributed by atoms with Crippen molar-refractivity contribution in [3.63, 3.8) is 0 Å². The van der Waals surface area contributed by atoms with E-state index in [1.807, 2.05) is 6.07 Å². The number of nitrogens with one attached hydrogen (secondary N) is 2. The lowest BCUT2D eigenvalue weighted by atomic mass is 10.1. The van der Waals surface area contributed by atoms with Crippen LogP contribution in [0.15, 0.2) is 64.2 Å². The quantitative estimate of drug-likeness (QED) is 0.614. The van der Waals surface area contributed by atoms with Crippen LogP contribution in [0.5, 0.6) is 0 Å². The van der Waals surface area contributed by atoms with Crippen LogP contribution in [0.2, 0.25) is 0 Å². The van der Waals surface area contributed by atoms with Gasteiger partial charge in [-0.05, 0) is 48.5 Å². The van der Waals surface area contributed by atoms with Crippen LogP contribution in [0.4, 0.5) is 9.18 Å². The molecule has 0 fully saturated rings. The maximum absolute atomic E-state index is 13.1. The summed E-state index contributed by atoms with van der Waals surface area (Å²) in [4.78, 5) is 24.3. The Morgan fingerprint density at radius 3 is 2.50 bits per heavy atom. The van der Waals surface area contributed by atoms with Gasteiger partial charge in [0.2, 0.25) is 11.8 Å². The van der Waals surface area contributed by atoms with E-state index >= 15 is 0 Å². The Labute approximate surface area is 164 Å². The SMILES string of the molecule is CCNC(=O)NC(=O)[C@@H](Sc1nnc(-c2ccc(F)cc2)o1)c1ccccc1. The molecule has 0 aliphatic heterocycles. The van der Waals surface area contributed by atoms with E-state index in [1.54, 1.807) is 31.2 Å². The van der Waals surface area contributed by atoms with E-state index in [1.165, 1.54) is 24.3 Å². The zero-order chi connectivity index (χ0) is 19.9. The van der Waals surface area contributed by atoms with E-state index in [4.69, 9.17) is 4.42 Å². The van der Waals surface area contributed by atoms with E-state index in [9.17, 15) is 14.0 Å². The molecule has 144 valence electrons. The van der Waals surface area contributed by atoms with E-state index < -0.39 is 17.2 Å². The lowest BCUT2D eigenvalue weighted by Crippen LogP contribution is -2.41. The molecule has 1 aromatic heterocycles. The van der Waals surface area contributed by atoms with Crippen molar-refractivity contribution in [3.8, 4) is 11.5 Å². The number of carbonyl (C=O) groups excluding carboxylic acids is 2. The third kappa shape index (κ3) is 4.95. The minimum Gasteiger partial charge on any atom is -0.411 e. The van der Waals surface area contributed by atoms with Crippen LogP contribution >= 0.6 is 11.8 Å². The molecular formula is C19H17FN4O3S. The van der Waals surface area contributed by atoms with Crippen molar-refractivity contribution in [1.29, 1.82) is 0 Å². The Hall–Kier alpha value is -3.20. The summed E-state index contributed by atoms with van der Waals surface area (Å²) < 4.78 is 18.7. The number of rotatable bonds is 6. The van der Waals surface area contributed by atoms with Crippen molar-refractivity contribution in [2.24, 2.45) is 0 Å². The molecule has 9 heteroatoms. The maximum Gasteiger partial charge on any atom is 0.321 e. The molecule has 0 unspecified atom stereocenters. The van der Waals surface area contributed by atoms with Gasteiger partial charge in [0.15, 0.2) is 0 Å². The third-order valence-electron chi connectivity index (χ3n) is 3.63. The fourth-order valence-corrected chi connectivity index (χ4v) is 3.23. The van der Waals surface area contributed by atoms with Crippen molar-refractivity contribution < 1.29 is 18.4 Å². The highest BCUT2D eigenvalue weighted by Gasteiger charge is 2.26. The van der Waals surface area contributed by atoms with Gasteiger partial charge in [0, 0.05) is 12.1 Å². The first-order chi connectivity index (χ1) is 13.6. The summed E-state index contributed by atoms with van der Waals surface area (Å²) in [5.74, 6) is -0.675. The zero-order valence-corrected chi connectivity index (χ0v) is 15.7. The molecule has 0 saturated heterocycles. The lowest BCUT2D eigenvalue weighted by Gasteiger charge is -2.14. The number of nitrogens with zero attached hydrogens (tertiary/aromatic N) is 2. The number of thioether (sulfide) groups is 1. The van der Waals surface area contributed by atoms with Crippen molar-refractivity contribution in [3.05, 3.63) is 66.0 Å². The predicted molar refractivity (Wildman–Crippen MR) is 102 cm³/mol. The van der Waals surface area contributed by atoms with Crippen LogP contribution < -0.4 is 10.6 Å². The number of carbonyl (C=O) groups is 2. The minimum atomic E-state index is -0.773. The summed E-state index contributed by atoms with van der Waals surface area (Å²) in [6.07, 6.45) is 0. The number of hydrogen-bond acceptors (Lipinski definition) is 6. The summed E-state index contributed by atoms with van der Waals surface area (Å²) in [5.41, 5.74) is 1.24. The summed E-state index contributed by atoms with van der Waals surface area (Å²) in [6, 6.07) is 14.0. The molecule has 1 atom stereocenters. The molecular weight excluding hydrogens is 383 g/mol. The number of halogens is 1. The van der Waals surface area contributed by atoms with E-state index in [-0.39, 0.29) is 16.9 Å². The average Bonchev–Trinajstić information content (AvgIpc) is 3.16. The largest absolute Gasteiger partial charge is 0.411 e. The standard InChI is InChI=1S/C19H17FN4O3S/c1-2-21-18(26)22-16(25)15(12-6-4-3-5-7-12)28-19-24-23-17(27-19)13-8-10-14(20)11-9-13/h3-11,15H,2H2,1H3,(H2,21,22,25,26)/t15-/m0/s1. The molecule has 0 bridgehead atoms. The average molecular weight is 400 g/mol. The number of amides is 3. The predicted octanol–water partition coefficient (Wildman–Crippen LogP) is 3.55. The van der Waals surface area contributed by atoms with Gasteiger partial charge in [0.25, 0.3) is 5.22 Å². The van der Waals surface area contributed by atoms with Crippen molar-refractivity contribution in [2.45, 2.75) is 17.4 Å². The summed E-state index contributed by atoms with van der Waals surface area (Å²) in [6.45, 7) is 2.15. The molecule has 2 N–H and O–H groups in total. The second-order valence-corrected chi connectivity index (χ2v) is 6.69. The van der Waals surface area contributed by atoms with E-state index in [2.05, 4.69) is 20.8 Å². The second-order valence-electron chi connectivity index (χ2n) is 5.64. The molecule has 28 heavy (non-hydrogen) atoms. The van der Waals surface area contributed by atoms with Crippen LogP contribution in [0.3, 0.4) is 0 Å². The topological polar surface area (TPSA) is 97.1 Å². The van der Waals surface area contributed by atoms with E-state index in [0.717, 1.165) is 11.8 Å². The number of imide groups is 1. The normalized spacial score (nSPS) is 11.6. The highest BCUT2D eigenvalue weighted by molar-refractivity contribution is 8.00. The molecule has 0 saturated carbocycles. The first-order valence-electron chi connectivity index (χ1n) is 8.46. The molecule has 1 heterocycles. The number of aromatic nitrogens is 2. The summed E-state index contributed by atoms with van der Waals surface area (Å²) >= 11 is 1.02. The Kier molecular flexibility index (Phi) is 6.38. The monoisotopic (exact) mass is 400 g/mol. The smallest absolute Gasteiger partial charge is 0.321 e. The maximum atomic E-state index is 13.1. The van der Waals surface area contributed by atoms with Crippen LogP contribution in [0.1, 0.15) is 17.7 Å². The van der Waals surface area contributed by atoms with Gasteiger partial charge >= 0.3 is 6.03 Å². The fraction of sp³-hybridized carbons (Fsp3) is 0.158. The molecule has 0 aliphatic rings. The molecule has 3 amide bonds. The van der Waals surface area contributed by atoms with Gasteiger partial charge in [-0.3, -0.25) is 10.1 Å². The minimum absolute atomic E-state index is 0.152. The van der Waals surface area contributed by atoms with Gasteiger partial charge in [0.05, 0.1) is 0 Å². The van der Waals surface area contributed by atoms with Crippen LogP contribution in [-0.2, 0) is 4.79 Å². The second kappa shape index (κ2) is 9.14. The van der Waals surface area contributed by atoms with Gasteiger partial charge in [-0.1, -0.05) is 30.3 Å². The summed E-state index contributed by atoms with van der Waals surface area (Å²) in [5, 5.41) is 12.1. The first-order valence-corrected chi connectivity index (χ1v) is 9.34. The van der Waals surface area contributed by atoms with Crippen LogP contribution in [-0.4, -0.2) is 28.7 Å². The molecule has 2 aromatic carbocycles. The van der Waals surface area contributed by atoms with Gasteiger partial charge in [0.1, 0.15) is 11.1 Å². The zero-order valence-electron chi connectivity index (χ0n) is 14.9. The number of hydrogen-bond donors (Lipinski definition) is 2. The third-order valence-corrected chi connectivity index (χ3v) is 4.72. The van der Waals surface area contributed by atoms with E-state index in [0.29, 0.717) is 17.7 Å². The fourth-order valence-electron chi connectivity index (χ4n) is 2.35. The molecule has 0 radical (unpaired) electrons. The Morgan fingerprint density at radius 1 is 1.11 bits per heavy atom. The molecule has 3 aromatic rings. The number of urea groups is 1. The summed E-state index contributed by atoms with van der Waals surface area (Å²) in [7, 11) is 0. The first kappa shape index (κ1) is 19.6. The van der Waals surface area contributed by atoms with Crippen LogP contribution in [0.25, 0.3) is 11.5 Å². The highest BCUT2D eigenvalue weighted by atomic mass is 32.2. The van der Waals surface area contributed by atoms with Crippen molar-refractivity contribution in [1.82, 2.24) is 20.8 Å². The Bertz CT molecular complexity index is 947. The Balaban J connectivity index is 1.81. The Morgan fingerprint density at radius 2 is 1.82 bits per heavy atom. The van der Waals surface area contributed by atoms with Gasteiger partial charge in [-0.25, -0.2) is 9.18 Å². The van der Waals surface area contributed by atoms with Crippen LogP contribution in [0, 0.1) is 5.82 Å². The lowest BCUT2D eigenvalue weighted by molar-refractivity contribution is -0.119. The van der Waals surface area contributed by atoms with Crippen molar-refractivity contribution in [2.75, 3.05) is 6.54 Å². The van der Waals surface area contributed by atoms with Gasteiger partial charge in [-0.2, -0.15) is 0 Å². The molecule has 3 rings (SSSR count). The van der Waals surface area contributed by atoms with Gasteiger partial charge in [-0.15, -0.1) is 10.2 Å². The molecule has 7 nitrogen and oxygen atoms in total.